The minimum absolute atomic E-state index is 0.0492. The van der Waals surface area contributed by atoms with Crippen molar-refractivity contribution in [2.75, 3.05) is 6.61 Å². The highest BCUT2D eigenvalue weighted by atomic mass is 32.1. The van der Waals surface area contributed by atoms with Crippen LogP contribution in [0, 0.1) is 6.92 Å². The van der Waals surface area contributed by atoms with Crippen molar-refractivity contribution in [3.05, 3.63) is 45.5 Å². The number of hydrogen-bond donors (Lipinski definition) is 3. The molecule has 0 saturated carbocycles. The fraction of sp³-hybridized carbons (Fsp3) is 0.286. The van der Waals surface area contributed by atoms with Crippen LogP contribution in [0.1, 0.15) is 31.8 Å². The van der Waals surface area contributed by atoms with Gasteiger partial charge in [0.1, 0.15) is 11.6 Å². The lowest BCUT2D eigenvalue weighted by Crippen LogP contribution is -2.21. The van der Waals surface area contributed by atoms with Crippen molar-refractivity contribution in [2.24, 2.45) is 16.5 Å². The summed E-state index contributed by atoms with van der Waals surface area (Å²) in [5.41, 5.74) is 13.9. The molecular weight excluding hydrogens is 428 g/mol. The molecule has 1 aromatic carbocycles. The normalized spacial score (nSPS) is 11.1. The minimum atomic E-state index is -0.251. The number of fused-ring (bicyclic) bond motifs is 1. The zero-order valence-corrected chi connectivity index (χ0v) is 18.9. The molecule has 0 amide bonds. The van der Waals surface area contributed by atoms with Crippen LogP contribution in [-0.4, -0.2) is 37.1 Å². The van der Waals surface area contributed by atoms with E-state index < -0.39 is 0 Å². The lowest BCUT2D eigenvalue weighted by atomic mass is 10.1. The first-order chi connectivity index (χ1) is 15.4. The molecule has 0 radical (unpaired) electrons. The molecule has 11 heteroatoms. The molecule has 0 atom stereocenters. The molecule has 5 N–H and O–H groups in total. The van der Waals surface area contributed by atoms with E-state index in [4.69, 9.17) is 21.3 Å². The molecule has 3 heterocycles. The summed E-state index contributed by atoms with van der Waals surface area (Å²) in [5, 5.41) is 7.03. The van der Waals surface area contributed by atoms with Crippen LogP contribution in [0.4, 0.5) is 5.13 Å². The Kier molecular flexibility index (Phi) is 5.91. The van der Waals surface area contributed by atoms with Gasteiger partial charge in [0.15, 0.2) is 17.3 Å². The molecule has 4 rings (SSSR count). The summed E-state index contributed by atoms with van der Waals surface area (Å²) in [4.78, 5) is 28.8. The Balaban J connectivity index is 1.88. The van der Waals surface area contributed by atoms with Gasteiger partial charge in [-0.05, 0) is 38.5 Å². The molecular formula is C21H24N8O2S. The molecule has 0 aliphatic heterocycles. The maximum absolute atomic E-state index is 12.9. The van der Waals surface area contributed by atoms with Gasteiger partial charge in [0.05, 0.1) is 23.6 Å². The number of nitrogens with zero attached hydrogens (tertiary/aromatic N) is 5. The first-order valence-electron chi connectivity index (χ1n) is 10.2. The smallest absolute Gasteiger partial charge is 0.277 e. The molecule has 4 aromatic rings. The van der Waals surface area contributed by atoms with Gasteiger partial charge in [-0.25, -0.2) is 14.5 Å². The SMILES string of the molecule is CCCc1nc(C)c2c(=O)[nH]c(-c3cc(-c4csc(N=C(N)N)n4)ccc3OCC)nn12. The Morgan fingerprint density at radius 3 is 2.81 bits per heavy atom. The highest BCUT2D eigenvalue weighted by Crippen LogP contribution is 2.34. The van der Waals surface area contributed by atoms with Gasteiger partial charge >= 0.3 is 0 Å². The first kappa shape index (κ1) is 21.5. The van der Waals surface area contributed by atoms with E-state index in [1.807, 2.05) is 37.4 Å². The molecule has 32 heavy (non-hydrogen) atoms. The molecule has 0 aliphatic rings. The van der Waals surface area contributed by atoms with Crippen molar-refractivity contribution >= 4 is 27.9 Å². The third-order valence-corrected chi connectivity index (χ3v) is 5.50. The van der Waals surface area contributed by atoms with E-state index in [0.29, 0.717) is 45.8 Å². The number of nitrogens with two attached hydrogens (primary N) is 2. The second kappa shape index (κ2) is 8.79. The molecule has 10 nitrogen and oxygen atoms in total. The van der Waals surface area contributed by atoms with Gasteiger partial charge in [-0.3, -0.25) is 4.79 Å². The molecule has 0 fully saturated rings. The second-order valence-corrected chi connectivity index (χ2v) is 7.96. The Hall–Kier alpha value is -3.73. The van der Waals surface area contributed by atoms with E-state index in [2.05, 4.69) is 26.9 Å². The van der Waals surface area contributed by atoms with Gasteiger partial charge < -0.3 is 21.2 Å². The molecule has 0 spiro atoms. The number of ether oxygens (including phenoxy) is 1. The number of hydrogen-bond acceptors (Lipinski definition) is 7. The van der Waals surface area contributed by atoms with E-state index >= 15 is 0 Å². The van der Waals surface area contributed by atoms with Crippen LogP contribution in [0.15, 0.2) is 33.4 Å². The number of benzene rings is 1. The summed E-state index contributed by atoms with van der Waals surface area (Å²) in [5.74, 6) is 1.70. The standard InChI is InChI=1S/C21H24N8O2S/c1-4-6-16-24-11(3)17-19(30)26-18(28-29(16)17)13-9-12(7-8-15(13)31-5-2)14-10-32-21(25-14)27-20(22)23/h7-10H,4-6H2,1-3H3,(H,26,28,30)(H4,22,23,25,27). The summed E-state index contributed by atoms with van der Waals surface area (Å²) >= 11 is 1.33. The second-order valence-electron chi connectivity index (χ2n) is 7.12. The molecule has 0 bridgehead atoms. The van der Waals surface area contributed by atoms with Crippen molar-refractivity contribution < 1.29 is 4.74 Å². The molecule has 0 aliphatic carbocycles. The van der Waals surface area contributed by atoms with Crippen LogP contribution in [0.5, 0.6) is 5.75 Å². The fourth-order valence-electron chi connectivity index (χ4n) is 3.46. The number of aliphatic imine (C=N–C) groups is 1. The van der Waals surface area contributed by atoms with Crippen LogP contribution in [0.2, 0.25) is 0 Å². The summed E-state index contributed by atoms with van der Waals surface area (Å²) in [7, 11) is 0. The third-order valence-electron chi connectivity index (χ3n) is 4.76. The van der Waals surface area contributed by atoms with Crippen molar-refractivity contribution in [1.82, 2.24) is 24.6 Å². The van der Waals surface area contributed by atoms with Crippen LogP contribution < -0.4 is 21.8 Å². The monoisotopic (exact) mass is 452 g/mol. The predicted molar refractivity (Wildman–Crippen MR) is 126 cm³/mol. The average Bonchev–Trinajstić information content (AvgIpc) is 3.33. The van der Waals surface area contributed by atoms with Crippen LogP contribution >= 0.6 is 11.3 Å². The number of thiazole rings is 1. The number of aryl methyl sites for hydroxylation is 2. The highest BCUT2D eigenvalue weighted by Gasteiger charge is 2.18. The van der Waals surface area contributed by atoms with Gasteiger partial charge in [0, 0.05) is 17.4 Å². The Morgan fingerprint density at radius 2 is 2.09 bits per heavy atom. The van der Waals surface area contributed by atoms with E-state index in [-0.39, 0.29) is 11.5 Å². The van der Waals surface area contributed by atoms with Gasteiger partial charge in [-0.1, -0.05) is 6.92 Å². The molecule has 0 saturated heterocycles. The third kappa shape index (κ3) is 4.06. The van der Waals surface area contributed by atoms with E-state index in [1.165, 1.54) is 11.3 Å². The summed E-state index contributed by atoms with van der Waals surface area (Å²) < 4.78 is 7.45. The predicted octanol–water partition coefficient (Wildman–Crippen LogP) is 2.77. The van der Waals surface area contributed by atoms with Crippen molar-refractivity contribution in [3.63, 3.8) is 0 Å². The largest absolute Gasteiger partial charge is 0.493 e. The van der Waals surface area contributed by atoms with Crippen molar-refractivity contribution in [3.8, 4) is 28.4 Å². The number of H-pyrrole nitrogens is 1. The quantitative estimate of drug-likeness (QED) is 0.288. The lowest BCUT2D eigenvalue weighted by Gasteiger charge is -2.11. The highest BCUT2D eigenvalue weighted by molar-refractivity contribution is 7.13. The van der Waals surface area contributed by atoms with Crippen LogP contribution in [0.3, 0.4) is 0 Å². The van der Waals surface area contributed by atoms with Gasteiger partial charge in [0.25, 0.3) is 5.56 Å². The maximum Gasteiger partial charge on any atom is 0.277 e. The molecule has 0 unspecified atom stereocenters. The average molecular weight is 453 g/mol. The van der Waals surface area contributed by atoms with Gasteiger partial charge in [-0.15, -0.1) is 16.4 Å². The zero-order chi connectivity index (χ0) is 22.8. The van der Waals surface area contributed by atoms with Crippen molar-refractivity contribution in [2.45, 2.75) is 33.6 Å². The summed E-state index contributed by atoms with van der Waals surface area (Å²) in [6.07, 6.45) is 1.61. The number of aromatic amines is 1. The number of aromatic nitrogens is 5. The molecule has 166 valence electrons. The van der Waals surface area contributed by atoms with Gasteiger partial charge in [-0.2, -0.15) is 4.99 Å². The van der Waals surface area contributed by atoms with Crippen molar-refractivity contribution in [1.29, 1.82) is 0 Å². The molecule has 3 aromatic heterocycles. The van der Waals surface area contributed by atoms with Crippen LogP contribution in [-0.2, 0) is 6.42 Å². The fourth-order valence-corrected chi connectivity index (χ4v) is 4.17. The Bertz CT molecular complexity index is 1360. The summed E-state index contributed by atoms with van der Waals surface area (Å²) in [6, 6.07) is 5.61. The van der Waals surface area contributed by atoms with E-state index in [9.17, 15) is 4.79 Å². The number of imidazole rings is 1. The number of nitrogens with one attached hydrogen (secondary N) is 1. The maximum atomic E-state index is 12.9. The van der Waals surface area contributed by atoms with Gasteiger partial charge in [0.2, 0.25) is 5.13 Å². The first-order valence-corrected chi connectivity index (χ1v) is 11.1. The van der Waals surface area contributed by atoms with E-state index in [0.717, 1.165) is 24.2 Å². The lowest BCUT2D eigenvalue weighted by molar-refractivity contribution is 0.341. The van der Waals surface area contributed by atoms with Crippen LogP contribution in [0.25, 0.3) is 28.2 Å². The Labute approximate surface area is 188 Å². The number of rotatable bonds is 7. The topological polar surface area (TPSA) is 150 Å². The zero-order valence-electron chi connectivity index (χ0n) is 18.0. The summed E-state index contributed by atoms with van der Waals surface area (Å²) in [6.45, 7) is 6.24. The Morgan fingerprint density at radius 1 is 1.28 bits per heavy atom. The number of guanidine groups is 1. The minimum Gasteiger partial charge on any atom is -0.493 e. The van der Waals surface area contributed by atoms with E-state index in [1.54, 1.807) is 4.52 Å².